The molecule has 0 saturated heterocycles. The number of ether oxygens (including phenoxy) is 2. The third-order valence-electron chi connectivity index (χ3n) is 3.05. The van der Waals surface area contributed by atoms with Crippen LogP contribution in [0.1, 0.15) is 11.3 Å². The van der Waals surface area contributed by atoms with E-state index in [1.807, 2.05) is 37.4 Å². The highest BCUT2D eigenvalue weighted by Gasteiger charge is 2.02. The highest BCUT2D eigenvalue weighted by atomic mass is 16.5. The van der Waals surface area contributed by atoms with Crippen molar-refractivity contribution in [1.82, 2.24) is 20.3 Å². The Bertz CT molecular complexity index is 542. The minimum atomic E-state index is 0.574. The van der Waals surface area contributed by atoms with Crippen LogP contribution in [0.2, 0.25) is 0 Å². The topological polar surface area (TPSA) is 61.2 Å². The van der Waals surface area contributed by atoms with Gasteiger partial charge in [0.2, 0.25) is 0 Å². The second kappa shape index (κ2) is 8.39. The molecule has 0 spiro atoms. The van der Waals surface area contributed by atoms with Crippen LogP contribution < -0.4 is 10.1 Å². The van der Waals surface area contributed by atoms with Crippen molar-refractivity contribution in [2.45, 2.75) is 20.0 Å². The van der Waals surface area contributed by atoms with E-state index in [-0.39, 0.29) is 0 Å². The molecule has 2 rings (SSSR count). The Kier molecular flexibility index (Phi) is 6.18. The lowest BCUT2D eigenvalue weighted by Crippen LogP contribution is -2.18. The van der Waals surface area contributed by atoms with Crippen molar-refractivity contribution >= 4 is 0 Å². The molecule has 0 aliphatic carbocycles. The van der Waals surface area contributed by atoms with Crippen molar-refractivity contribution in [2.24, 2.45) is 0 Å². The summed E-state index contributed by atoms with van der Waals surface area (Å²) in [5.41, 5.74) is 2.06. The molecular formula is C15H22N4O2. The quantitative estimate of drug-likeness (QED) is 0.707. The van der Waals surface area contributed by atoms with Crippen LogP contribution in [0.25, 0.3) is 0 Å². The van der Waals surface area contributed by atoms with Gasteiger partial charge in [-0.3, -0.25) is 0 Å². The number of hydrogen-bond donors (Lipinski definition) is 1. The first-order chi connectivity index (χ1) is 10.3. The van der Waals surface area contributed by atoms with Gasteiger partial charge in [-0.15, -0.1) is 5.10 Å². The number of rotatable bonds is 9. The third-order valence-corrected chi connectivity index (χ3v) is 3.05. The molecule has 1 heterocycles. The highest BCUT2D eigenvalue weighted by Crippen LogP contribution is 2.15. The van der Waals surface area contributed by atoms with E-state index >= 15 is 0 Å². The van der Waals surface area contributed by atoms with E-state index in [9.17, 15) is 0 Å². The summed E-state index contributed by atoms with van der Waals surface area (Å²) in [6.45, 7) is 5.49. The zero-order chi connectivity index (χ0) is 14.9. The molecule has 1 aromatic carbocycles. The molecule has 6 nitrogen and oxygen atoms in total. The highest BCUT2D eigenvalue weighted by molar-refractivity contribution is 5.31. The summed E-state index contributed by atoms with van der Waals surface area (Å²) in [7, 11) is 1.69. The molecule has 0 radical (unpaired) electrons. The van der Waals surface area contributed by atoms with Crippen molar-refractivity contribution in [3.8, 4) is 5.75 Å². The minimum Gasteiger partial charge on any atom is -0.491 e. The Morgan fingerprint density at radius 2 is 2.10 bits per heavy atom. The van der Waals surface area contributed by atoms with Crippen LogP contribution in [0.15, 0.2) is 30.5 Å². The maximum Gasteiger partial charge on any atom is 0.122 e. The van der Waals surface area contributed by atoms with Gasteiger partial charge in [-0.1, -0.05) is 23.4 Å². The standard InChI is InChI=1S/C15H22N4O2/c1-13-5-3-4-6-15(13)21-10-8-19-12-14(17-18-19)11-16-7-9-20-2/h3-6,12,16H,7-11H2,1-2H3. The van der Waals surface area contributed by atoms with Crippen molar-refractivity contribution in [2.75, 3.05) is 26.9 Å². The number of methoxy groups -OCH3 is 1. The molecule has 0 atom stereocenters. The molecule has 1 aromatic heterocycles. The van der Waals surface area contributed by atoms with Crippen LogP contribution in [0.4, 0.5) is 0 Å². The molecular weight excluding hydrogens is 268 g/mol. The molecule has 0 bridgehead atoms. The van der Waals surface area contributed by atoms with Crippen LogP contribution in [0, 0.1) is 6.92 Å². The van der Waals surface area contributed by atoms with Gasteiger partial charge in [0.15, 0.2) is 0 Å². The van der Waals surface area contributed by atoms with E-state index in [1.54, 1.807) is 11.8 Å². The van der Waals surface area contributed by atoms with E-state index in [0.717, 1.165) is 23.6 Å². The van der Waals surface area contributed by atoms with Crippen LogP contribution in [0.3, 0.4) is 0 Å². The zero-order valence-electron chi connectivity index (χ0n) is 12.6. The molecule has 21 heavy (non-hydrogen) atoms. The van der Waals surface area contributed by atoms with Gasteiger partial charge in [0.05, 0.1) is 18.8 Å². The SMILES string of the molecule is COCCNCc1cn(CCOc2ccccc2C)nn1. The smallest absolute Gasteiger partial charge is 0.122 e. The number of aromatic nitrogens is 3. The summed E-state index contributed by atoms with van der Waals surface area (Å²) in [6.07, 6.45) is 1.93. The van der Waals surface area contributed by atoms with Gasteiger partial charge in [0, 0.05) is 26.4 Å². The van der Waals surface area contributed by atoms with Gasteiger partial charge in [-0.2, -0.15) is 0 Å². The first kappa shape index (κ1) is 15.5. The van der Waals surface area contributed by atoms with Crippen molar-refractivity contribution in [3.63, 3.8) is 0 Å². The third kappa shape index (κ3) is 5.17. The van der Waals surface area contributed by atoms with E-state index in [2.05, 4.69) is 15.6 Å². The molecule has 0 saturated carbocycles. The van der Waals surface area contributed by atoms with Crippen LogP contribution in [-0.2, 0) is 17.8 Å². The second-order valence-corrected chi connectivity index (χ2v) is 4.76. The van der Waals surface area contributed by atoms with Gasteiger partial charge in [-0.25, -0.2) is 4.68 Å². The summed E-state index contributed by atoms with van der Waals surface area (Å²) in [5.74, 6) is 0.916. The Hall–Kier alpha value is -1.92. The lowest BCUT2D eigenvalue weighted by atomic mass is 10.2. The maximum absolute atomic E-state index is 5.74. The molecule has 2 aromatic rings. The van der Waals surface area contributed by atoms with Gasteiger partial charge in [0.25, 0.3) is 0 Å². The second-order valence-electron chi connectivity index (χ2n) is 4.76. The minimum absolute atomic E-state index is 0.574. The summed E-state index contributed by atoms with van der Waals surface area (Å²) in [6, 6.07) is 7.99. The first-order valence-electron chi connectivity index (χ1n) is 7.06. The molecule has 6 heteroatoms. The zero-order valence-corrected chi connectivity index (χ0v) is 12.6. The Labute approximate surface area is 125 Å². The fraction of sp³-hybridized carbons (Fsp3) is 0.467. The summed E-state index contributed by atoms with van der Waals surface area (Å²) >= 11 is 0. The predicted molar refractivity (Wildman–Crippen MR) is 80.3 cm³/mol. The lowest BCUT2D eigenvalue weighted by Gasteiger charge is -2.08. The monoisotopic (exact) mass is 290 g/mol. The molecule has 114 valence electrons. The van der Waals surface area contributed by atoms with Crippen molar-refractivity contribution in [1.29, 1.82) is 0 Å². The molecule has 0 unspecified atom stereocenters. The van der Waals surface area contributed by atoms with Gasteiger partial charge in [0.1, 0.15) is 12.4 Å². The fourth-order valence-electron chi connectivity index (χ4n) is 1.89. The van der Waals surface area contributed by atoms with Gasteiger partial charge < -0.3 is 14.8 Å². The molecule has 0 fully saturated rings. The average molecular weight is 290 g/mol. The maximum atomic E-state index is 5.74. The number of para-hydroxylation sites is 1. The average Bonchev–Trinajstić information content (AvgIpc) is 2.94. The van der Waals surface area contributed by atoms with Crippen LogP contribution in [-0.4, -0.2) is 41.9 Å². The molecule has 0 aliphatic heterocycles. The lowest BCUT2D eigenvalue weighted by molar-refractivity contribution is 0.199. The van der Waals surface area contributed by atoms with Gasteiger partial charge in [-0.05, 0) is 18.6 Å². The Morgan fingerprint density at radius 1 is 1.24 bits per heavy atom. The number of benzene rings is 1. The number of aryl methyl sites for hydroxylation is 1. The van der Waals surface area contributed by atoms with Crippen molar-refractivity contribution < 1.29 is 9.47 Å². The fourth-order valence-corrected chi connectivity index (χ4v) is 1.89. The summed E-state index contributed by atoms with van der Waals surface area (Å²) in [4.78, 5) is 0. The van der Waals surface area contributed by atoms with Gasteiger partial charge >= 0.3 is 0 Å². The normalized spacial score (nSPS) is 10.8. The Balaban J connectivity index is 1.71. The molecule has 0 amide bonds. The van der Waals surface area contributed by atoms with Crippen LogP contribution in [0.5, 0.6) is 5.75 Å². The number of hydrogen-bond acceptors (Lipinski definition) is 5. The van der Waals surface area contributed by atoms with Crippen molar-refractivity contribution in [3.05, 3.63) is 41.7 Å². The van der Waals surface area contributed by atoms with E-state index in [1.165, 1.54) is 0 Å². The number of nitrogens with one attached hydrogen (secondary N) is 1. The molecule has 0 aliphatic rings. The Morgan fingerprint density at radius 3 is 2.90 bits per heavy atom. The largest absolute Gasteiger partial charge is 0.491 e. The molecule has 1 N–H and O–H groups in total. The van der Waals surface area contributed by atoms with E-state index < -0.39 is 0 Å². The van der Waals surface area contributed by atoms with E-state index in [0.29, 0.717) is 26.3 Å². The number of nitrogens with zero attached hydrogens (tertiary/aromatic N) is 3. The summed E-state index contributed by atoms with van der Waals surface area (Å²) < 4.78 is 12.5. The summed E-state index contributed by atoms with van der Waals surface area (Å²) in [5, 5.41) is 11.4. The van der Waals surface area contributed by atoms with Crippen LogP contribution >= 0.6 is 0 Å². The predicted octanol–water partition coefficient (Wildman–Crippen LogP) is 1.40. The van der Waals surface area contributed by atoms with E-state index in [4.69, 9.17) is 9.47 Å². The first-order valence-corrected chi connectivity index (χ1v) is 7.06.